The molecule has 0 N–H and O–H groups in total. The summed E-state index contributed by atoms with van der Waals surface area (Å²) in [5.41, 5.74) is -0.148. The third-order valence-electron chi connectivity index (χ3n) is 3.54. The molecule has 1 saturated heterocycles. The van der Waals surface area contributed by atoms with Gasteiger partial charge in [-0.1, -0.05) is 0 Å². The number of piperidine rings is 1. The lowest BCUT2D eigenvalue weighted by Crippen LogP contribution is -2.42. The third-order valence-corrected chi connectivity index (χ3v) is 3.72. The molecule has 7 heteroatoms. The minimum absolute atomic E-state index is 0.0580. The van der Waals surface area contributed by atoms with Gasteiger partial charge in [0.05, 0.1) is 11.9 Å². The molecule has 0 saturated carbocycles. The van der Waals surface area contributed by atoms with Gasteiger partial charge in [0.25, 0.3) is 0 Å². The van der Waals surface area contributed by atoms with E-state index in [1.165, 1.54) is 0 Å². The van der Waals surface area contributed by atoms with Crippen molar-refractivity contribution in [1.82, 2.24) is 14.9 Å². The standard InChI is InChI=1S/C15H21ClFN3O2/c1-15(2,3)22-14(21)20-6-4-10(5-7-20)8-12-11(17)9-18-13(16)19-12/h9-10H,4-8H2,1-3H3. The zero-order chi connectivity index (χ0) is 16.3. The van der Waals surface area contributed by atoms with Crippen molar-refractivity contribution in [2.45, 2.75) is 45.6 Å². The number of rotatable bonds is 2. The van der Waals surface area contributed by atoms with E-state index >= 15 is 0 Å². The summed E-state index contributed by atoms with van der Waals surface area (Å²) >= 11 is 5.70. The zero-order valence-corrected chi connectivity index (χ0v) is 13.9. The molecule has 5 nitrogen and oxygen atoms in total. The smallest absolute Gasteiger partial charge is 0.410 e. The summed E-state index contributed by atoms with van der Waals surface area (Å²) in [6.45, 7) is 6.76. The Bertz CT molecular complexity index is 540. The number of aromatic nitrogens is 2. The van der Waals surface area contributed by atoms with Crippen LogP contribution < -0.4 is 0 Å². The molecule has 22 heavy (non-hydrogen) atoms. The lowest BCUT2D eigenvalue weighted by Gasteiger charge is -2.33. The van der Waals surface area contributed by atoms with E-state index in [9.17, 15) is 9.18 Å². The third kappa shape index (κ3) is 4.80. The number of hydrogen-bond acceptors (Lipinski definition) is 4. The Morgan fingerprint density at radius 2 is 2.09 bits per heavy atom. The van der Waals surface area contributed by atoms with Crippen LogP contribution >= 0.6 is 11.6 Å². The number of carbonyl (C=O) groups excluding carboxylic acids is 1. The Balaban J connectivity index is 1.87. The molecule has 1 aromatic heterocycles. The largest absolute Gasteiger partial charge is 0.444 e. The first kappa shape index (κ1) is 16.9. The Labute approximate surface area is 134 Å². The Kier molecular flexibility index (Phi) is 5.21. The van der Waals surface area contributed by atoms with Gasteiger partial charge in [0.1, 0.15) is 5.60 Å². The fourth-order valence-electron chi connectivity index (χ4n) is 2.44. The molecule has 2 rings (SSSR count). The first-order valence-electron chi connectivity index (χ1n) is 7.39. The maximum absolute atomic E-state index is 13.6. The van der Waals surface area contributed by atoms with Gasteiger partial charge in [-0.15, -0.1) is 0 Å². The molecule has 1 aromatic rings. The van der Waals surface area contributed by atoms with Crippen molar-refractivity contribution in [1.29, 1.82) is 0 Å². The van der Waals surface area contributed by atoms with Crippen molar-refractivity contribution in [3.05, 3.63) is 23.0 Å². The van der Waals surface area contributed by atoms with Crippen LogP contribution in [-0.4, -0.2) is 39.7 Å². The van der Waals surface area contributed by atoms with Crippen LogP contribution in [0.15, 0.2) is 6.20 Å². The van der Waals surface area contributed by atoms with Gasteiger partial charge in [0, 0.05) is 13.1 Å². The SMILES string of the molecule is CC(C)(C)OC(=O)N1CCC(Cc2nc(Cl)ncc2F)CC1. The molecule has 1 aliphatic rings. The number of hydrogen-bond donors (Lipinski definition) is 0. The van der Waals surface area contributed by atoms with Crippen LogP contribution in [0.4, 0.5) is 9.18 Å². The number of ether oxygens (including phenoxy) is 1. The fourth-order valence-corrected chi connectivity index (χ4v) is 2.59. The highest BCUT2D eigenvalue weighted by atomic mass is 35.5. The number of likely N-dealkylation sites (tertiary alicyclic amines) is 1. The van der Waals surface area contributed by atoms with Gasteiger partial charge in [-0.25, -0.2) is 19.2 Å². The molecule has 1 amide bonds. The van der Waals surface area contributed by atoms with E-state index in [4.69, 9.17) is 16.3 Å². The second kappa shape index (κ2) is 6.77. The summed E-state index contributed by atoms with van der Waals surface area (Å²) < 4.78 is 19.0. The van der Waals surface area contributed by atoms with Crippen molar-refractivity contribution in [2.24, 2.45) is 5.92 Å². The predicted octanol–water partition coefficient (Wildman–Crippen LogP) is 3.46. The van der Waals surface area contributed by atoms with Gasteiger partial charge in [-0.05, 0) is 57.6 Å². The molecule has 0 aromatic carbocycles. The number of amides is 1. The van der Waals surface area contributed by atoms with Crippen molar-refractivity contribution in [3.63, 3.8) is 0 Å². The second-order valence-electron chi connectivity index (χ2n) is 6.55. The highest BCUT2D eigenvalue weighted by Crippen LogP contribution is 2.23. The first-order chi connectivity index (χ1) is 10.2. The second-order valence-corrected chi connectivity index (χ2v) is 6.89. The summed E-state index contributed by atoms with van der Waals surface area (Å²) in [4.78, 5) is 21.2. The van der Waals surface area contributed by atoms with Crippen LogP contribution in [0.2, 0.25) is 5.28 Å². The van der Waals surface area contributed by atoms with Crippen LogP contribution in [0.5, 0.6) is 0 Å². The Morgan fingerprint density at radius 1 is 1.45 bits per heavy atom. The van der Waals surface area contributed by atoms with E-state index < -0.39 is 11.4 Å². The van der Waals surface area contributed by atoms with E-state index in [2.05, 4.69) is 9.97 Å². The molecule has 0 atom stereocenters. The maximum atomic E-state index is 13.6. The highest BCUT2D eigenvalue weighted by Gasteiger charge is 2.27. The van der Waals surface area contributed by atoms with Crippen molar-refractivity contribution < 1.29 is 13.9 Å². The van der Waals surface area contributed by atoms with Crippen molar-refractivity contribution in [3.8, 4) is 0 Å². The van der Waals surface area contributed by atoms with E-state index in [-0.39, 0.29) is 17.3 Å². The van der Waals surface area contributed by atoms with Gasteiger partial charge >= 0.3 is 6.09 Å². The zero-order valence-electron chi connectivity index (χ0n) is 13.1. The molecule has 0 spiro atoms. The monoisotopic (exact) mass is 329 g/mol. The van der Waals surface area contributed by atoms with E-state index in [1.54, 1.807) is 4.90 Å². The highest BCUT2D eigenvalue weighted by molar-refractivity contribution is 6.28. The molecule has 2 heterocycles. The van der Waals surface area contributed by atoms with Gasteiger partial charge in [0.15, 0.2) is 5.82 Å². The van der Waals surface area contributed by atoms with Crippen LogP contribution in [0.3, 0.4) is 0 Å². The van der Waals surface area contributed by atoms with Crippen LogP contribution in [0, 0.1) is 11.7 Å². The van der Waals surface area contributed by atoms with Crippen LogP contribution in [-0.2, 0) is 11.2 Å². The Hall–Kier alpha value is -1.43. The normalized spacial score (nSPS) is 16.7. The minimum atomic E-state index is -0.491. The molecule has 0 bridgehead atoms. The first-order valence-corrected chi connectivity index (χ1v) is 7.77. The van der Waals surface area contributed by atoms with E-state index in [0.717, 1.165) is 19.0 Å². The van der Waals surface area contributed by atoms with Crippen molar-refractivity contribution >= 4 is 17.7 Å². The number of nitrogens with zero attached hydrogens (tertiary/aromatic N) is 3. The number of carbonyl (C=O) groups is 1. The lowest BCUT2D eigenvalue weighted by molar-refractivity contribution is 0.0183. The lowest BCUT2D eigenvalue weighted by atomic mass is 9.92. The predicted molar refractivity (Wildman–Crippen MR) is 81.2 cm³/mol. The van der Waals surface area contributed by atoms with Gasteiger partial charge in [-0.2, -0.15) is 0 Å². The summed E-state index contributed by atoms with van der Waals surface area (Å²) in [6.07, 6.45) is 2.90. The summed E-state index contributed by atoms with van der Waals surface area (Å²) in [5.74, 6) is -0.155. The average molecular weight is 330 g/mol. The fraction of sp³-hybridized carbons (Fsp3) is 0.667. The average Bonchev–Trinajstić information content (AvgIpc) is 2.42. The quantitative estimate of drug-likeness (QED) is 0.780. The van der Waals surface area contributed by atoms with Crippen LogP contribution in [0.1, 0.15) is 39.3 Å². The Morgan fingerprint density at radius 3 is 2.68 bits per heavy atom. The molecular formula is C15H21ClFN3O2. The topological polar surface area (TPSA) is 55.3 Å². The molecule has 1 fully saturated rings. The van der Waals surface area contributed by atoms with E-state index in [0.29, 0.717) is 25.2 Å². The maximum Gasteiger partial charge on any atom is 0.410 e. The summed E-state index contributed by atoms with van der Waals surface area (Å²) in [7, 11) is 0. The van der Waals surface area contributed by atoms with E-state index in [1.807, 2.05) is 20.8 Å². The minimum Gasteiger partial charge on any atom is -0.444 e. The van der Waals surface area contributed by atoms with Crippen LogP contribution in [0.25, 0.3) is 0 Å². The van der Waals surface area contributed by atoms with Crippen molar-refractivity contribution in [2.75, 3.05) is 13.1 Å². The molecule has 0 unspecified atom stereocenters. The molecule has 0 radical (unpaired) electrons. The molecular weight excluding hydrogens is 309 g/mol. The molecule has 0 aliphatic carbocycles. The van der Waals surface area contributed by atoms with Gasteiger partial charge in [0.2, 0.25) is 5.28 Å². The summed E-state index contributed by atoms with van der Waals surface area (Å²) in [6, 6.07) is 0. The summed E-state index contributed by atoms with van der Waals surface area (Å²) in [5, 5.41) is 0.0580. The molecule has 122 valence electrons. The van der Waals surface area contributed by atoms with Gasteiger partial charge < -0.3 is 9.64 Å². The van der Waals surface area contributed by atoms with Gasteiger partial charge in [-0.3, -0.25) is 0 Å². The number of halogens is 2. The molecule has 1 aliphatic heterocycles.